The van der Waals surface area contributed by atoms with Crippen LogP contribution in [0.1, 0.15) is 49.3 Å². The minimum absolute atomic E-state index is 0.0254. The zero-order valence-corrected chi connectivity index (χ0v) is 11.7. The molecule has 2 fully saturated rings. The normalized spacial score (nSPS) is 26.4. The molecule has 2 aliphatic rings. The number of alkyl halides is 3. The predicted octanol–water partition coefficient (Wildman–Crippen LogP) is 4.09. The summed E-state index contributed by atoms with van der Waals surface area (Å²) >= 11 is 0. The summed E-state index contributed by atoms with van der Waals surface area (Å²) in [5.74, 6) is -0.0254. The predicted molar refractivity (Wildman–Crippen MR) is 71.7 cm³/mol. The third-order valence-electron chi connectivity index (χ3n) is 4.80. The van der Waals surface area contributed by atoms with E-state index >= 15 is 0 Å². The Balaban J connectivity index is 1.77. The van der Waals surface area contributed by atoms with Crippen molar-refractivity contribution < 1.29 is 23.0 Å². The maximum absolute atomic E-state index is 12.8. The van der Waals surface area contributed by atoms with Gasteiger partial charge < -0.3 is 9.84 Å². The van der Waals surface area contributed by atoms with Crippen molar-refractivity contribution in [1.82, 2.24) is 0 Å². The molecule has 0 amide bonds. The van der Waals surface area contributed by atoms with E-state index in [4.69, 9.17) is 4.74 Å². The lowest BCUT2D eigenvalue weighted by molar-refractivity contribution is -0.157. The van der Waals surface area contributed by atoms with Crippen molar-refractivity contribution in [3.63, 3.8) is 0 Å². The SMILES string of the molecule is OC(c1cccc(C(F)(F)F)c1)C1CCOC2(CCC2)C1. The van der Waals surface area contributed by atoms with Gasteiger partial charge in [-0.3, -0.25) is 0 Å². The molecule has 1 saturated carbocycles. The van der Waals surface area contributed by atoms with Crippen LogP contribution in [0.5, 0.6) is 0 Å². The Morgan fingerprint density at radius 3 is 2.67 bits per heavy atom. The fraction of sp³-hybridized carbons (Fsp3) is 0.625. The summed E-state index contributed by atoms with van der Waals surface area (Å²) in [6.07, 6.45) is -0.664. The minimum Gasteiger partial charge on any atom is -0.388 e. The van der Waals surface area contributed by atoms with Gasteiger partial charge in [0.2, 0.25) is 0 Å². The molecule has 5 heteroatoms. The van der Waals surface area contributed by atoms with Crippen LogP contribution >= 0.6 is 0 Å². The van der Waals surface area contributed by atoms with Gasteiger partial charge in [-0.2, -0.15) is 13.2 Å². The molecule has 1 aromatic carbocycles. The van der Waals surface area contributed by atoms with Crippen LogP contribution in [-0.2, 0) is 10.9 Å². The van der Waals surface area contributed by atoms with E-state index in [1.807, 2.05) is 0 Å². The van der Waals surface area contributed by atoms with E-state index in [-0.39, 0.29) is 11.5 Å². The second-order valence-corrected chi connectivity index (χ2v) is 6.21. The van der Waals surface area contributed by atoms with Gasteiger partial charge in [-0.05, 0) is 55.7 Å². The molecule has 0 radical (unpaired) electrons. The van der Waals surface area contributed by atoms with Crippen molar-refractivity contribution in [3.8, 4) is 0 Å². The lowest BCUT2D eigenvalue weighted by atomic mass is 9.70. The molecule has 1 heterocycles. The summed E-state index contributed by atoms with van der Waals surface area (Å²) < 4.78 is 44.1. The Hall–Kier alpha value is -1.07. The van der Waals surface area contributed by atoms with Crippen molar-refractivity contribution >= 4 is 0 Å². The van der Waals surface area contributed by atoms with Crippen LogP contribution in [-0.4, -0.2) is 17.3 Å². The van der Waals surface area contributed by atoms with Crippen LogP contribution in [0.4, 0.5) is 13.2 Å². The maximum atomic E-state index is 12.8. The topological polar surface area (TPSA) is 29.5 Å². The summed E-state index contributed by atoms with van der Waals surface area (Å²) in [5, 5.41) is 10.5. The average molecular weight is 300 g/mol. The zero-order valence-electron chi connectivity index (χ0n) is 11.7. The Bertz CT molecular complexity index is 508. The number of ether oxygens (including phenoxy) is 1. The van der Waals surface area contributed by atoms with Gasteiger partial charge in [0, 0.05) is 6.61 Å². The Morgan fingerprint density at radius 2 is 2.05 bits per heavy atom. The second kappa shape index (κ2) is 5.29. The van der Waals surface area contributed by atoms with Gasteiger partial charge in [-0.1, -0.05) is 12.1 Å². The van der Waals surface area contributed by atoms with Crippen molar-refractivity contribution in [3.05, 3.63) is 35.4 Å². The number of rotatable bonds is 2. The molecule has 0 aromatic heterocycles. The third kappa shape index (κ3) is 2.94. The first-order valence-electron chi connectivity index (χ1n) is 7.39. The minimum atomic E-state index is -4.37. The van der Waals surface area contributed by atoms with Gasteiger partial charge in [0.1, 0.15) is 0 Å². The highest BCUT2D eigenvalue weighted by atomic mass is 19.4. The molecule has 1 saturated heterocycles. The van der Waals surface area contributed by atoms with Crippen LogP contribution in [0.25, 0.3) is 0 Å². The summed E-state index contributed by atoms with van der Waals surface area (Å²) in [6, 6.07) is 5.03. The van der Waals surface area contributed by atoms with E-state index < -0.39 is 17.8 Å². The number of hydrogen-bond donors (Lipinski definition) is 1. The van der Waals surface area contributed by atoms with E-state index in [1.165, 1.54) is 6.07 Å². The number of halogens is 3. The molecule has 116 valence electrons. The van der Waals surface area contributed by atoms with Gasteiger partial charge in [-0.25, -0.2) is 0 Å². The van der Waals surface area contributed by atoms with E-state index in [1.54, 1.807) is 6.07 Å². The first-order valence-corrected chi connectivity index (χ1v) is 7.39. The van der Waals surface area contributed by atoms with Gasteiger partial charge in [0.05, 0.1) is 17.3 Å². The molecule has 21 heavy (non-hydrogen) atoms. The van der Waals surface area contributed by atoms with Crippen LogP contribution in [0.15, 0.2) is 24.3 Å². The van der Waals surface area contributed by atoms with E-state index in [2.05, 4.69) is 0 Å². The van der Waals surface area contributed by atoms with Crippen molar-refractivity contribution in [2.24, 2.45) is 5.92 Å². The molecule has 1 spiro atoms. The standard InChI is InChI=1S/C16H19F3O2/c17-16(18,19)13-4-1-3-11(9-13)14(20)12-5-8-21-15(10-12)6-2-7-15/h1,3-4,9,12,14,20H,2,5-8,10H2. The van der Waals surface area contributed by atoms with Crippen molar-refractivity contribution in [2.45, 2.75) is 50.0 Å². The van der Waals surface area contributed by atoms with Crippen LogP contribution in [0.3, 0.4) is 0 Å². The highest BCUT2D eigenvalue weighted by molar-refractivity contribution is 5.27. The molecule has 1 aliphatic carbocycles. The zero-order chi connectivity index (χ0) is 15.1. The molecular formula is C16H19F3O2. The summed E-state index contributed by atoms with van der Waals surface area (Å²) in [7, 11) is 0. The number of hydrogen-bond acceptors (Lipinski definition) is 2. The van der Waals surface area contributed by atoms with Crippen LogP contribution in [0.2, 0.25) is 0 Å². The highest BCUT2D eigenvalue weighted by Crippen LogP contribution is 2.47. The van der Waals surface area contributed by atoms with Crippen LogP contribution in [0, 0.1) is 5.92 Å². The number of benzene rings is 1. The molecular weight excluding hydrogens is 281 g/mol. The summed E-state index contributed by atoms with van der Waals surface area (Å²) in [6.45, 7) is 0.584. The fourth-order valence-electron chi connectivity index (χ4n) is 3.43. The first-order chi connectivity index (χ1) is 9.90. The Kier molecular flexibility index (Phi) is 3.74. The molecule has 1 aromatic rings. The average Bonchev–Trinajstić information content (AvgIpc) is 2.44. The van der Waals surface area contributed by atoms with E-state index in [0.717, 1.165) is 37.8 Å². The van der Waals surface area contributed by atoms with E-state index in [0.29, 0.717) is 18.6 Å². The molecule has 1 aliphatic heterocycles. The fourth-order valence-corrected chi connectivity index (χ4v) is 3.43. The van der Waals surface area contributed by atoms with Crippen molar-refractivity contribution in [2.75, 3.05) is 6.61 Å². The number of aliphatic hydroxyl groups is 1. The van der Waals surface area contributed by atoms with Crippen molar-refractivity contribution in [1.29, 1.82) is 0 Å². The van der Waals surface area contributed by atoms with Gasteiger partial charge in [-0.15, -0.1) is 0 Å². The molecule has 3 rings (SSSR count). The molecule has 1 N–H and O–H groups in total. The third-order valence-corrected chi connectivity index (χ3v) is 4.80. The molecule has 0 bridgehead atoms. The van der Waals surface area contributed by atoms with E-state index in [9.17, 15) is 18.3 Å². The highest BCUT2D eigenvalue weighted by Gasteiger charge is 2.44. The second-order valence-electron chi connectivity index (χ2n) is 6.21. The first kappa shape index (κ1) is 14.9. The lowest BCUT2D eigenvalue weighted by Gasteiger charge is -2.48. The summed E-state index contributed by atoms with van der Waals surface area (Å²) in [5.41, 5.74) is -0.471. The molecule has 2 unspecified atom stereocenters. The maximum Gasteiger partial charge on any atom is 0.416 e. The summed E-state index contributed by atoms with van der Waals surface area (Å²) in [4.78, 5) is 0. The smallest absolute Gasteiger partial charge is 0.388 e. The van der Waals surface area contributed by atoms with Crippen LogP contribution < -0.4 is 0 Å². The van der Waals surface area contributed by atoms with Gasteiger partial charge >= 0.3 is 6.18 Å². The lowest BCUT2D eigenvalue weighted by Crippen LogP contribution is -2.46. The largest absolute Gasteiger partial charge is 0.416 e. The van der Waals surface area contributed by atoms with Gasteiger partial charge in [0.15, 0.2) is 0 Å². The molecule has 2 atom stereocenters. The molecule has 2 nitrogen and oxygen atoms in total. The number of aliphatic hydroxyl groups excluding tert-OH is 1. The monoisotopic (exact) mass is 300 g/mol. The van der Waals surface area contributed by atoms with Gasteiger partial charge in [0.25, 0.3) is 0 Å². The Morgan fingerprint density at radius 1 is 1.29 bits per heavy atom. The Labute approximate surface area is 121 Å². The quantitative estimate of drug-likeness (QED) is 0.891.